The number of benzene rings is 1. The minimum Gasteiger partial charge on any atom is -0.463 e. The van der Waals surface area contributed by atoms with Gasteiger partial charge in [-0.3, -0.25) is 9.80 Å². The zero-order valence-electron chi connectivity index (χ0n) is 20.7. The number of nitrogens with zero attached hydrogens (tertiary/aromatic N) is 3. The van der Waals surface area contributed by atoms with E-state index in [0.717, 1.165) is 6.07 Å². The van der Waals surface area contributed by atoms with Crippen LogP contribution in [0, 0.1) is 0 Å². The van der Waals surface area contributed by atoms with Crippen molar-refractivity contribution in [1.29, 1.82) is 0 Å². The third-order valence-electron chi connectivity index (χ3n) is 6.23. The Kier molecular flexibility index (Phi) is 8.83. The van der Waals surface area contributed by atoms with E-state index in [2.05, 4.69) is 10.6 Å². The van der Waals surface area contributed by atoms with Gasteiger partial charge in [-0.25, -0.2) is 14.4 Å². The Bertz CT molecular complexity index is 1010. The van der Waals surface area contributed by atoms with Crippen LogP contribution in [0.5, 0.6) is 0 Å². The monoisotopic (exact) mass is 511 g/mol. The lowest BCUT2D eigenvalue weighted by Crippen LogP contribution is -2.50. The summed E-state index contributed by atoms with van der Waals surface area (Å²) in [6.07, 6.45) is -4.02. The highest BCUT2D eigenvalue weighted by molar-refractivity contribution is 5.95. The molecule has 0 spiro atoms. The number of rotatable bonds is 6. The molecule has 198 valence electrons. The van der Waals surface area contributed by atoms with Gasteiger partial charge in [-0.2, -0.15) is 13.2 Å². The van der Waals surface area contributed by atoms with Crippen LogP contribution in [-0.4, -0.2) is 85.7 Å². The number of carbonyl (C=O) groups excluding carboxylic acids is 3. The Morgan fingerprint density at radius 2 is 1.86 bits per heavy atom. The standard InChI is InChI=1S/C24H32F3N5O4/c1-4-28-22(34)32-12-8-11-31(13-14-32)15-18-19(21(33)36-5-2)20(29-23(35)30(18)3)16-9-6-7-10-17(16)24(25,26)27/h6-7,9-10,20H,4-5,8,11-15H2,1-3H3,(H,28,34)(H,29,35). The molecule has 2 aliphatic rings. The maximum Gasteiger partial charge on any atom is 0.416 e. The van der Waals surface area contributed by atoms with Gasteiger partial charge in [-0.15, -0.1) is 0 Å². The second-order valence-electron chi connectivity index (χ2n) is 8.56. The summed E-state index contributed by atoms with van der Waals surface area (Å²) in [7, 11) is 1.47. The van der Waals surface area contributed by atoms with E-state index in [1.165, 1.54) is 30.1 Å². The average molecular weight is 512 g/mol. The molecule has 1 atom stereocenters. The number of amides is 4. The third kappa shape index (κ3) is 6.10. The predicted molar refractivity (Wildman–Crippen MR) is 126 cm³/mol. The highest BCUT2D eigenvalue weighted by atomic mass is 19.4. The van der Waals surface area contributed by atoms with E-state index < -0.39 is 29.8 Å². The molecule has 0 saturated carbocycles. The molecule has 0 aliphatic carbocycles. The van der Waals surface area contributed by atoms with Crippen molar-refractivity contribution in [3.8, 4) is 0 Å². The topological polar surface area (TPSA) is 94.2 Å². The summed E-state index contributed by atoms with van der Waals surface area (Å²) in [5.41, 5.74) is -0.940. The number of likely N-dealkylation sites (N-methyl/N-ethyl adjacent to an activating group) is 1. The number of ether oxygens (including phenoxy) is 1. The predicted octanol–water partition coefficient (Wildman–Crippen LogP) is 2.96. The van der Waals surface area contributed by atoms with Gasteiger partial charge in [0.25, 0.3) is 0 Å². The van der Waals surface area contributed by atoms with Crippen LogP contribution < -0.4 is 10.6 Å². The Balaban J connectivity index is 2.01. The molecule has 4 amide bonds. The van der Waals surface area contributed by atoms with Crippen LogP contribution in [0.25, 0.3) is 0 Å². The molecule has 1 aromatic rings. The van der Waals surface area contributed by atoms with E-state index in [4.69, 9.17) is 4.74 Å². The van der Waals surface area contributed by atoms with Crippen molar-refractivity contribution in [3.05, 3.63) is 46.7 Å². The molecule has 1 unspecified atom stereocenters. The summed E-state index contributed by atoms with van der Waals surface area (Å²) < 4.78 is 46.7. The quantitative estimate of drug-likeness (QED) is 0.573. The average Bonchev–Trinajstić information content (AvgIpc) is 3.07. The van der Waals surface area contributed by atoms with Gasteiger partial charge in [0.1, 0.15) is 0 Å². The summed E-state index contributed by atoms with van der Waals surface area (Å²) in [5.74, 6) is -0.792. The van der Waals surface area contributed by atoms with Crippen LogP contribution in [0.1, 0.15) is 37.4 Å². The fraction of sp³-hybridized carbons (Fsp3) is 0.542. The van der Waals surface area contributed by atoms with Gasteiger partial charge in [-0.05, 0) is 31.9 Å². The Morgan fingerprint density at radius 1 is 1.14 bits per heavy atom. The van der Waals surface area contributed by atoms with Gasteiger partial charge in [0.05, 0.1) is 23.8 Å². The van der Waals surface area contributed by atoms with Crippen LogP contribution in [0.3, 0.4) is 0 Å². The van der Waals surface area contributed by atoms with Crippen LogP contribution >= 0.6 is 0 Å². The van der Waals surface area contributed by atoms with E-state index in [-0.39, 0.29) is 36.0 Å². The Hall–Kier alpha value is -3.28. The molecule has 2 N–H and O–H groups in total. The lowest BCUT2D eigenvalue weighted by atomic mass is 9.90. The summed E-state index contributed by atoms with van der Waals surface area (Å²) in [6.45, 7) is 6.13. The second kappa shape index (κ2) is 11.6. The van der Waals surface area contributed by atoms with E-state index in [0.29, 0.717) is 39.1 Å². The summed E-state index contributed by atoms with van der Waals surface area (Å²) >= 11 is 0. The zero-order valence-corrected chi connectivity index (χ0v) is 20.7. The van der Waals surface area contributed by atoms with Gasteiger partial charge in [-0.1, -0.05) is 18.2 Å². The fourth-order valence-corrected chi connectivity index (χ4v) is 4.45. The van der Waals surface area contributed by atoms with Crippen molar-refractivity contribution in [2.75, 3.05) is 52.9 Å². The number of esters is 1. The lowest BCUT2D eigenvalue weighted by Gasteiger charge is -2.37. The zero-order chi connectivity index (χ0) is 26.5. The first-order valence-corrected chi connectivity index (χ1v) is 11.9. The van der Waals surface area contributed by atoms with Crippen LogP contribution in [0.4, 0.5) is 22.8 Å². The Labute approximate surface area is 208 Å². The molecule has 9 nitrogen and oxygen atoms in total. The summed E-state index contributed by atoms with van der Waals surface area (Å²) in [4.78, 5) is 43.1. The van der Waals surface area contributed by atoms with Gasteiger partial charge in [0.15, 0.2) is 0 Å². The molecular weight excluding hydrogens is 479 g/mol. The number of carbonyl (C=O) groups is 3. The third-order valence-corrected chi connectivity index (χ3v) is 6.23. The Morgan fingerprint density at radius 3 is 2.53 bits per heavy atom. The van der Waals surface area contributed by atoms with Gasteiger partial charge in [0.2, 0.25) is 0 Å². The highest BCUT2D eigenvalue weighted by Crippen LogP contribution is 2.39. The SMILES string of the molecule is CCNC(=O)N1CCCN(CC2=C(C(=O)OCC)C(c3ccccc3C(F)(F)F)NC(=O)N2C)CC1. The van der Waals surface area contributed by atoms with Crippen molar-refractivity contribution in [3.63, 3.8) is 0 Å². The van der Waals surface area contributed by atoms with E-state index in [1.807, 2.05) is 11.8 Å². The molecule has 12 heteroatoms. The number of hydrogen-bond donors (Lipinski definition) is 2. The first kappa shape index (κ1) is 27.3. The van der Waals surface area contributed by atoms with Gasteiger partial charge in [0, 0.05) is 52.0 Å². The fourth-order valence-electron chi connectivity index (χ4n) is 4.45. The number of urea groups is 2. The molecule has 0 aromatic heterocycles. The molecule has 3 rings (SSSR count). The molecule has 1 fully saturated rings. The van der Waals surface area contributed by atoms with Crippen molar-refractivity contribution < 1.29 is 32.3 Å². The largest absolute Gasteiger partial charge is 0.463 e. The van der Waals surface area contributed by atoms with Gasteiger partial charge >= 0.3 is 24.2 Å². The molecule has 2 aliphatic heterocycles. The normalized spacial score (nSPS) is 19.6. The minimum absolute atomic E-state index is 0.0200. The number of halogens is 3. The molecule has 1 aromatic carbocycles. The van der Waals surface area contributed by atoms with Crippen molar-refractivity contribution in [1.82, 2.24) is 25.3 Å². The van der Waals surface area contributed by atoms with Crippen molar-refractivity contribution in [2.45, 2.75) is 32.5 Å². The van der Waals surface area contributed by atoms with E-state index in [9.17, 15) is 27.6 Å². The smallest absolute Gasteiger partial charge is 0.416 e. The van der Waals surface area contributed by atoms with Crippen LogP contribution in [0.2, 0.25) is 0 Å². The molecule has 1 saturated heterocycles. The molecule has 36 heavy (non-hydrogen) atoms. The first-order valence-electron chi connectivity index (χ1n) is 11.9. The van der Waals surface area contributed by atoms with Crippen LogP contribution in [0.15, 0.2) is 35.5 Å². The first-order chi connectivity index (χ1) is 17.1. The maximum absolute atomic E-state index is 13.8. The summed E-state index contributed by atoms with van der Waals surface area (Å²) in [6, 6.07) is 2.75. The minimum atomic E-state index is -4.68. The van der Waals surface area contributed by atoms with Crippen LogP contribution in [-0.2, 0) is 15.7 Å². The van der Waals surface area contributed by atoms with Gasteiger partial charge < -0.3 is 20.3 Å². The highest BCUT2D eigenvalue weighted by Gasteiger charge is 2.42. The number of nitrogens with one attached hydrogen (secondary N) is 2. The number of hydrogen-bond acceptors (Lipinski definition) is 5. The van der Waals surface area contributed by atoms with E-state index >= 15 is 0 Å². The maximum atomic E-state index is 13.8. The van der Waals surface area contributed by atoms with Crippen molar-refractivity contribution in [2.24, 2.45) is 0 Å². The molecule has 2 heterocycles. The van der Waals surface area contributed by atoms with E-state index in [1.54, 1.807) is 11.8 Å². The van der Waals surface area contributed by atoms with Crippen molar-refractivity contribution >= 4 is 18.0 Å². The molecular formula is C24H32F3N5O4. The lowest BCUT2D eigenvalue weighted by molar-refractivity contribution is -0.141. The molecule has 0 bridgehead atoms. The second-order valence-corrected chi connectivity index (χ2v) is 8.56. The number of alkyl halides is 3. The summed E-state index contributed by atoms with van der Waals surface area (Å²) in [5, 5.41) is 5.32. The molecule has 0 radical (unpaired) electrons.